The maximum Gasteiger partial charge on any atom is 0.336 e. The smallest absolute Gasteiger partial charge is 0.336 e. The Bertz CT molecular complexity index is 1100. The monoisotopic (exact) mass is 517 g/mol. The van der Waals surface area contributed by atoms with E-state index in [1.54, 1.807) is 0 Å². The van der Waals surface area contributed by atoms with Gasteiger partial charge in [-0.2, -0.15) is 0 Å². The van der Waals surface area contributed by atoms with Crippen LogP contribution in [0.4, 0.5) is 5.82 Å². The molecule has 4 N–H and O–H groups in total. The lowest BCUT2D eigenvalue weighted by molar-refractivity contribution is -0.170. The van der Waals surface area contributed by atoms with Gasteiger partial charge in [0.2, 0.25) is 0 Å². The quantitative estimate of drug-likeness (QED) is 0.356. The van der Waals surface area contributed by atoms with Crippen LogP contribution in [-0.4, -0.2) is 73.5 Å². The second kappa shape index (κ2) is 12.9. The molecule has 37 heavy (non-hydrogen) atoms. The molecule has 2 aromatic rings. The molecular formula is C25H31N3O9. The van der Waals surface area contributed by atoms with Crippen LogP contribution in [0.15, 0.2) is 30.6 Å². The Morgan fingerprint density at radius 2 is 1.65 bits per heavy atom. The van der Waals surface area contributed by atoms with Crippen molar-refractivity contribution in [1.82, 2.24) is 9.97 Å². The summed E-state index contributed by atoms with van der Waals surface area (Å²) in [6.45, 7) is 3.96. The van der Waals surface area contributed by atoms with Crippen molar-refractivity contribution in [1.29, 1.82) is 0 Å². The number of benzene rings is 1. The van der Waals surface area contributed by atoms with Crippen LogP contribution in [-0.2, 0) is 19.1 Å². The van der Waals surface area contributed by atoms with Crippen LogP contribution in [0.25, 0.3) is 0 Å². The predicted molar refractivity (Wildman–Crippen MR) is 130 cm³/mol. The maximum absolute atomic E-state index is 11.1. The van der Waals surface area contributed by atoms with Crippen molar-refractivity contribution in [2.75, 3.05) is 11.9 Å². The SMILES string of the molecule is Cc1ccc([C@@H]2CCC[C@H](N(C)c3ncnc(C=O)c3C)O2)cc1.O=C(O)CC(O)(CC(=O)O)C(=O)O. The number of carboxylic acids is 3. The molecule has 0 spiro atoms. The Morgan fingerprint density at radius 1 is 1.05 bits per heavy atom. The third-order valence-corrected chi connectivity index (χ3v) is 5.95. The zero-order valence-electron chi connectivity index (χ0n) is 20.8. The highest BCUT2D eigenvalue weighted by atomic mass is 16.5. The Hall–Kier alpha value is -3.90. The topological polar surface area (TPSA) is 187 Å². The molecule has 0 amide bonds. The van der Waals surface area contributed by atoms with Gasteiger partial charge in [-0.25, -0.2) is 14.8 Å². The fraction of sp³-hybridized carbons (Fsp3) is 0.440. The summed E-state index contributed by atoms with van der Waals surface area (Å²) in [6, 6.07) is 8.53. The molecule has 2 heterocycles. The van der Waals surface area contributed by atoms with Crippen molar-refractivity contribution >= 4 is 30.0 Å². The van der Waals surface area contributed by atoms with E-state index in [4.69, 9.17) is 25.2 Å². The fourth-order valence-corrected chi connectivity index (χ4v) is 3.89. The second-order valence-corrected chi connectivity index (χ2v) is 8.84. The number of aliphatic hydroxyl groups is 1. The van der Waals surface area contributed by atoms with Crippen LogP contribution in [0.1, 0.15) is 65.4 Å². The third-order valence-electron chi connectivity index (χ3n) is 5.95. The number of aliphatic carboxylic acids is 3. The van der Waals surface area contributed by atoms with Crippen molar-refractivity contribution in [2.45, 2.75) is 63.9 Å². The molecule has 0 saturated carbocycles. The summed E-state index contributed by atoms with van der Waals surface area (Å²) < 4.78 is 6.33. The number of aldehydes is 1. The highest BCUT2D eigenvalue weighted by Crippen LogP contribution is 2.34. The molecule has 0 bridgehead atoms. The van der Waals surface area contributed by atoms with Crippen LogP contribution < -0.4 is 4.90 Å². The summed E-state index contributed by atoms with van der Waals surface area (Å²) >= 11 is 0. The molecule has 2 atom stereocenters. The zero-order chi connectivity index (χ0) is 27.8. The molecule has 1 aliphatic rings. The van der Waals surface area contributed by atoms with Gasteiger partial charge in [-0.05, 0) is 38.7 Å². The third kappa shape index (κ3) is 8.05. The average Bonchev–Trinajstić information content (AvgIpc) is 2.83. The summed E-state index contributed by atoms with van der Waals surface area (Å²) in [7, 11) is 1.96. The number of aryl methyl sites for hydroxylation is 1. The van der Waals surface area contributed by atoms with E-state index in [2.05, 4.69) is 41.2 Å². The summed E-state index contributed by atoms with van der Waals surface area (Å²) in [5, 5.41) is 33.8. The molecule has 1 aromatic carbocycles. The summed E-state index contributed by atoms with van der Waals surface area (Å²) in [5.41, 5.74) is 0.944. The van der Waals surface area contributed by atoms with Gasteiger partial charge in [0.05, 0.1) is 18.9 Å². The van der Waals surface area contributed by atoms with E-state index in [-0.39, 0.29) is 12.3 Å². The normalized spacial score (nSPS) is 17.2. The minimum Gasteiger partial charge on any atom is -0.481 e. The van der Waals surface area contributed by atoms with Gasteiger partial charge in [0, 0.05) is 12.6 Å². The van der Waals surface area contributed by atoms with E-state index in [9.17, 15) is 19.2 Å². The van der Waals surface area contributed by atoms with Gasteiger partial charge in [-0.3, -0.25) is 14.4 Å². The number of ether oxygens (including phenoxy) is 1. The van der Waals surface area contributed by atoms with Crippen molar-refractivity contribution in [2.24, 2.45) is 0 Å². The van der Waals surface area contributed by atoms with E-state index in [0.29, 0.717) is 5.69 Å². The van der Waals surface area contributed by atoms with Gasteiger partial charge >= 0.3 is 17.9 Å². The van der Waals surface area contributed by atoms with E-state index in [1.807, 2.05) is 18.9 Å². The number of hydrogen-bond acceptors (Lipinski definition) is 9. The van der Waals surface area contributed by atoms with Crippen molar-refractivity contribution in [3.63, 3.8) is 0 Å². The lowest BCUT2D eigenvalue weighted by Gasteiger charge is -2.37. The van der Waals surface area contributed by atoms with Crippen LogP contribution in [0.5, 0.6) is 0 Å². The fourth-order valence-electron chi connectivity index (χ4n) is 3.89. The number of hydrogen-bond donors (Lipinski definition) is 4. The minimum absolute atomic E-state index is 0.0573. The van der Waals surface area contributed by atoms with Gasteiger partial charge in [0.25, 0.3) is 0 Å². The largest absolute Gasteiger partial charge is 0.481 e. The van der Waals surface area contributed by atoms with Gasteiger partial charge in [0.1, 0.15) is 24.1 Å². The molecule has 0 unspecified atom stereocenters. The van der Waals surface area contributed by atoms with E-state index < -0.39 is 36.4 Å². The molecule has 12 heteroatoms. The Balaban J connectivity index is 0.000000317. The van der Waals surface area contributed by atoms with Gasteiger partial charge in [-0.1, -0.05) is 29.8 Å². The molecular weight excluding hydrogens is 486 g/mol. The van der Waals surface area contributed by atoms with E-state index in [1.165, 1.54) is 17.5 Å². The number of nitrogens with zero attached hydrogens (tertiary/aromatic N) is 3. The Labute approximate surface area is 213 Å². The molecule has 12 nitrogen and oxygen atoms in total. The van der Waals surface area contributed by atoms with Crippen LogP contribution in [0.3, 0.4) is 0 Å². The first kappa shape index (κ1) is 29.3. The number of anilines is 1. The Morgan fingerprint density at radius 3 is 2.16 bits per heavy atom. The molecule has 1 saturated heterocycles. The molecule has 0 aliphatic carbocycles. The second-order valence-electron chi connectivity index (χ2n) is 8.84. The van der Waals surface area contributed by atoms with Crippen LogP contribution >= 0.6 is 0 Å². The van der Waals surface area contributed by atoms with Crippen molar-refractivity contribution < 1.29 is 44.3 Å². The maximum atomic E-state index is 11.1. The van der Waals surface area contributed by atoms with Crippen LogP contribution in [0, 0.1) is 13.8 Å². The van der Waals surface area contributed by atoms with Gasteiger partial charge in [0.15, 0.2) is 11.9 Å². The summed E-state index contributed by atoms with van der Waals surface area (Å²) in [5.74, 6) is -4.27. The minimum atomic E-state index is -2.74. The summed E-state index contributed by atoms with van der Waals surface area (Å²) in [4.78, 5) is 52.0. The molecule has 3 rings (SSSR count). The first-order valence-electron chi connectivity index (χ1n) is 11.5. The first-order valence-corrected chi connectivity index (χ1v) is 11.5. The zero-order valence-corrected chi connectivity index (χ0v) is 20.8. The van der Waals surface area contributed by atoms with E-state index >= 15 is 0 Å². The van der Waals surface area contributed by atoms with Crippen LogP contribution in [0.2, 0.25) is 0 Å². The standard InChI is InChI=1S/C19H23N3O2.C6H8O7/c1-13-7-9-15(10-8-13)17-5-4-6-18(24-17)22(3)19-14(2)16(11-23)20-12-21-19;7-3(8)1-6(13,5(11)12)2-4(9)10/h7-12,17-18H,4-6H2,1-3H3;13H,1-2H2,(H,7,8)(H,9,10)(H,11,12)/t17-,18+;/m0./s1. The molecule has 1 aromatic heterocycles. The number of carbonyl (C=O) groups excluding carboxylic acids is 1. The lowest BCUT2D eigenvalue weighted by Crippen LogP contribution is -2.42. The lowest BCUT2D eigenvalue weighted by atomic mass is 9.96. The molecule has 0 radical (unpaired) electrons. The van der Waals surface area contributed by atoms with Gasteiger partial charge in [-0.15, -0.1) is 0 Å². The number of carbonyl (C=O) groups is 4. The summed E-state index contributed by atoms with van der Waals surface area (Å²) in [6.07, 6.45) is 3.02. The first-order chi connectivity index (χ1) is 17.4. The van der Waals surface area contributed by atoms with E-state index in [0.717, 1.165) is 36.9 Å². The number of carboxylic acid groups (broad SMARTS) is 3. The number of rotatable bonds is 9. The highest BCUT2D eigenvalue weighted by molar-refractivity contribution is 5.88. The Kier molecular flexibility index (Phi) is 10.2. The molecule has 1 aliphatic heterocycles. The van der Waals surface area contributed by atoms with Gasteiger partial charge < -0.3 is 30.1 Å². The highest BCUT2D eigenvalue weighted by Gasteiger charge is 2.40. The molecule has 200 valence electrons. The van der Waals surface area contributed by atoms with Crippen molar-refractivity contribution in [3.8, 4) is 0 Å². The molecule has 1 fully saturated rings. The predicted octanol–water partition coefficient (Wildman–Crippen LogP) is 2.36. The average molecular weight is 518 g/mol. The van der Waals surface area contributed by atoms with Crippen molar-refractivity contribution in [3.05, 3.63) is 53.0 Å². The number of aromatic nitrogens is 2.